The van der Waals surface area contributed by atoms with Gasteiger partial charge in [0.15, 0.2) is 0 Å². The summed E-state index contributed by atoms with van der Waals surface area (Å²) in [4.78, 5) is 10.8. The van der Waals surface area contributed by atoms with Crippen LogP contribution in [0.15, 0.2) is 0 Å². The molecule has 0 radical (unpaired) electrons. The molecule has 1 rings (SSSR count). The van der Waals surface area contributed by atoms with Gasteiger partial charge in [0.05, 0.1) is 0 Å². The van der Waals surface area contributed by atoms with E-state index in [9.17, 15) is 4.79 Å². The van der Waals surface area contributed by atoms with Crippen LogP contribution in [0, 0.1) is 0 Å². The maximum absolute atomic E-state index is 10.8. The van der Waals surface area contributed by atoms with Crippen LogP contribution >= 0.6 is 11.6 Å². The summed E-state index contributed by atoms with van der Waals surface area (Å²) in [5, 5.41) is 2.82. The summed E-state index contributed by atoms with van der Waals surface area (Å²) in [6.07, 6.45) is 1.81. The number of nitrogens with one attached hydrogen (secondary N) is 1. The fourth-order valence-electron chi connectivity index (χ4n) is 1.11. The Hall–Kier alpha value is -0.280. The SMILES string of the molecule is O=C(CCl)NC1CCOCC1. The average Bonchev–Trinajstić information content (AvgIpc) is 2.06. The Kier molecular flexibility index (Phi) is 3.66. The van der Waals surface area contributed by atoms with E-state index in [0.717, 1.165) is 26.1 Å². The smallest absolute Gasteiger partial charge is 0.235 e. The zero-order valence-electron chi connectivity index (χ0n) is 6.31. The van der Waals surface area contributed by atoms with Crippen LogP contribution in [-0.4, -0.2) is 31.0 Å². The van der Waals surface area contributed by atoms with E-state index in [2.05, 4.69) is 5.32 Å². The number of rotatable bonds is 2. The molecule has 1 aliphatic rings. The van der Waals surface area contributed by atoms with Gasteiger partial charge in [-0.2, -0.15) is 0 Å². The summed E-state index contributed by atoms with van der Waals surface area (Å²) < 4.78 is 5.13. The molecule has 1 heterocycles. The van der Waals surface area contributed by atoms with Crippen molar-refractivity contribution in [2.75, 3.05) is 19.1 Å². The summed E-state index contributed by atoms with van der Waals surface area (Å²) >= 11 is 5.33. The second-order valence-electron chi connectivity index (χ2n) is 2.59. The van der Waals surface area contributed by atoms with Gasteiger partial charge in [0.2, 0.25) is 5.91 Å². The van der Waals surface area contributed by atoms with Gasteiger partial charge in [0.1, 0.15) is 5.88 Å². The summed E-state index contributed by atoms with van der Waals surface area (Å²) in [7, 11) is 0. The minimum atomic E-state index is -0.0847. The van der Waals surface area contributed by atoms with Gasteiger partial charge in [-0.15, -0.1) is 11.6 Å². The molecule has 3 nitrogen and oxygen atoms in total. The molecule has 4 heteroatoms. The van der Waals surface area contributed by atoms with E-state index in [1.165, 1.54) is 0 Å². The molecular weight excluding hydrogens is 166 g/mol. The Bertz CT molecular complexity index is 134. The molecule has 0 aromatic heterocycles. The van der Waals surface area contributed by atoms with Gasteiger partial charge in [0, 0.05) is 19.3 Å². The lowest BCUT2D eigenvalue weighted by atomic mass is 10.1. The predicted octanol–water partition coefficient (Wildman–Crippen LogP) is 0.520. The van der Waals surface area contributed by atoms with E-state index in [1.807, 2.05) is 0 Å². The minimum Gasteiger partial charge on any atom is -0.381 e. The second-order valence-corrected chi connectivity index (χ2v) is 2.86. The number of hydrogen-bond donors (Lipinski definition) is 1. The highest BCUT2D eigenvalue weighted by atomic mass is 35.5. The monoisotopic (exact) mass is 177 g/mol. The van der Waals surface area contributed by atoms with Crippen LogP contribution in [0.25, 0.3) is 0 Å². The van der Waals surface area contributed by atoms with Crippen molar-refractivity contribution in [1.29, 1.82) is 0 Å². The summed E-state index contributed by atoms with van der Waals surface area (Å²) in [5.74, 6) is -0.0317. The third kappa shape index (κ3) is 3.08. The fourth-order valence-corrected chi connectivity index (χ4v) is 1.19. The lowest BCUT2D eigenvalue weighted by Crippen LogP contribution is -2.39. The third-order valence-electron chi connectivity index (χ3n) is 1.71. The molecule has 0 aromatic carbocycles. The van der Waals surface area contributed by atoms with Crippen LogP contribution in [0.1, 0.15) is 12.8 Å². The van der Waals surface area contributed by atoms with Gasteiger partial charge < -0.3 is 10.1 Å². The normalized spacial score (nSPS) is 19.7. The average molecular weight is 178 g/mol. The Morgan fingerprint density at radius 2 is 2.18 bits per heavy atom. The van der Waals surface area contributed by atoms with Crippen molar-refractivity contribution in [3.05, 3.63) is 0 Å². The first kappa shape index (κ1) is 8.81. The lowest BCUT2D eigenvalue weighted by Gasteiger charge is -2.22. The topological polar surface area (TPSA) is 38.3 Å². The molecule has 1 fully saturated rings. The Morgan fingerprint density at radius 1 is 1.55 bits per heavy atom. The van der Waals surface area contributed by atoms with Crippen molar-refractivity contribution in [1.82, 2.24) is 5.32 Å². The predicted molar refractivity (Wildman–Crippen MR) is 42.7 cm³/mol. The maximum atomic E-state index is 10.8. The molecule has 0 spiro atoms. The van der Waals surface area contributed by atoms with Crippen molar-refractivity contribution in [3.63, 3.8) is 0 Å². The molecule has 0 aromatic rings. The van der Waals surface area contributed by atoms with Crippen LogP contribution in [-0.2, 0) is 9.53 Å². The standard InChI is InChI=1S/C7H12ClNO2/c8-5-7(10)9-6-1-3-11-4-2-6/h6H,1-5H2,(H,9,10). The van der Waals surface area contributed by atoms with Gasteiger partial charge in [-0.3, -0.25) is 4.79 Å². The Labute approximate surface area is 71.1 Å². The number of halogens is 1. The molecule has 0 atom stereocenters. The van der Waals surface area contributed by atoms with Crippen molar-refractivity contribution in [2.24, 2.45) is 0 Å². The summed E-state index contributed by atoms with van der Waals surface area (Å²) in [5.41, 5.74) is 0. The highest BCUT2D eigenvalue weighted by Gasteiger charge is 2.14. The highest BCUT2D eigenvalue weighted by molar-refractivity contribution is 6.27. The molecule has 1 amide bonds. The van der Waals surface area contributed by atoms with Crippen LogP contribution in [0.4, 0.5) is 0 Å². The first-order valence-electron chi connectivity index (χ1n) is 3.76. The number of alkyl halides is 1. The van der Waals surface area contributed by atoms with Crippen molar-refractivity contribution < 1.29 is 9.53 Å². The lowest BCUT2D eigenvalue weighted by molar-refractivity contribution is -0.119. The van der Waals surface area contributed by atoms with Gasteiger partial charge in [-0.05, 0) is 12.8 Å². The van der Waals surface area contributed by atoms with Gasteiger partial charge in [-0.25, -0.2) is 0 Å². The van der Waals surface area contributed by atoms with Crippen LogP contribution in [0.2, 0.25) is 0 Å². The molecule has 1 aliphatic heterocycles. The Balaban J connectivity index is 2.19. The van der Waals surface area contributed by atoms with E-state index >= 15 is 0 Å². The number of ether oxygens (including phenoxy) is 1. The van der Waals surface area contributed by atoms with E-state index in [0.29, 0.717) is 0 Å². The van der Waals surface area contributed by atoms with Gasteiger partial charge >= 0.3 is 0 Å². The number of carbonyl (C=O) groups excluding carboxylic acids is 1. The van der Waals surface area contributed by atoms with E-state index in [1.54, 1.807) is 0 Å². The van der Waals surface area contributed by atoms with Crippen molar-refractivity contribution >= 4 is 17.5 Å². The van der Waals surface area contributed by atoms with Gasteiger partial charge in [-0.1, -0.05) is 0 Å². The number of hydrogen-bond acceptors (Lipinski definition) is 2. The van der Waals surface area contributed by atoms with Crippen molar-refractivity contribution in [2.45, 2.75) is 18.9 Å². The molecule has 0 unspecified atom stereocenters. The zero-order chi connectivity index (χ0) is 8.10. The third-order valence-corrected chi connectivity index (χ3v) is 1.95. The molecule has 1 N–H and O–H groups in total. The maximum Gasteiger partial charge on any atom is 0.235 e. The molecule has 1 saturated heterocycles. The van der Waals surface area contributed by atoms with Crippen molar-refractivity contribution in [3.8, 4) is 0 Å². The number of amides is 1. The molecule has 0 saturated carbocycles. The van der Waals surface area contributed by atoms with Crippen LogP contribution in [0.5, 0.6) is 0 Å². The molecule has 0 bridgehead atoms. The molecule has 64 valence electrons. The molecule has 11 heavy (non-hydrogen) atoms. The molecule has 0 aliphatic carbocycles. The summed E-state index contributed by atoms with van der Waals surface area (Å²) in [6, 6.07) is 0.273. The van der Waals surface area contributed by atoms with Gasteiger partial charge in [0.25, 0.3) is 0 Å². The Morgan fingerprint density at radius 3 is 2.73 bits per heavy atom. The first-order chi connectivity index (χ1) is 5.33. The van der Waals surface area contributed by atoms with Crippen LogP contribution in [0.3, 0.4) is 0 Å². The minimum absolute atomic E-state index is 0.0529. The van der Waals surface area contributed by atoms with Crippen LogP contribution < -0.4 is 5.32 Å². The van der Waals surface area contributed by atoms with E-state index < -0.39 is 0 Å². The first-order valence-corrected chi connectivity index (χ1v) is 4.29. The number of carbonyl (C=O) groups is 1. The fraction of sp³-hybridized carbons (Fsp3) is 0.857. The largest absolute Gasteiger partial charge is 0.381 e. The quantitative estimate of drug-likeness (QED) is 0.625. The summed E-state index contributed by atoms with van der Waals surface area (Å²) in [6.45, 7) is 1.49. The van der Waals surface area contributed by atoms with E-state index in [4.69, 9.17) is 16.3 Å². The van der Waals surface area contributed by atoms with E-state index in [-0.39, 0.29) is 17.8 Å². The highest BCUT2D eigenvalue weighted by Crippen LogP contribution is 2.05. The zero-order valence-corrected chi connectivity index (χ0v) is 7.06. The molecular formula is C7H12ClNO2. The second kappa shape index (κ2) is 4.57.